The van der Waals surface area contributed by atoms with Gasteiger partial charge in [0.2, 0.25) is 0 Å². The number of hydrogen-bond acceptors (Lipinski definition) is 4. The number of carboxylic acid groups (broad SMARTS) is 1. The maximum Gasteiger partial charge on any atom is 0.326 e. The summed E-state index contributed by atoms with van der Waals surface area (Å²) in [6.07, 6.45) is 0.885. The van der Waals surface area contributed by atoms with E-state index >= 15 is 0 Å². The number of ether oxygens (including phenoxy) is 2. The van der Waals surface area contributed by atoms with Crippen molar-refractivity contribution in [3.05, 3.63) is 0 Å². The van der Waals surface area contributed by atoms with E-state index in [2.05, 4.69) is 10.6 Å². The summed E-state index contributed by atoms with van der Waals surface area (Å²) in [4.78, 5) is 22.7. The largest absolute Gasteiger partial charge is 0.480 e. The number of carbonyl (C=O) groups is 2. The normalized spacial score (nSPS) is 12.8. The number of hydrogen-bond donors (Lipinski definition) is 3. The fourth-order valence-electron chi connectivity index (χ4n) is 1.59. The molecule has 1 unspecified atom stereocenters. The Morgan fingerprint density at radius 2 is 1.89 bits per heavy atom. The molecule has 112 valence electrons. The van der Waals surface area contributed by atoms with E-state index in [1.807, 2.05) is 0 Å². The van der Waals surface area contributed by atoms with Gasteiger partial charge in [0.1, 0.15) is 6.04 Å². The lowest BCUT2D eigenvalue weighted by atomic mass is 10.1. The monoisotopic (exact) mass is 276 g/mol. The highest BCUT2D eigenvalue weighted by Crippen LogP contribution is 2.03. The van der Waals surface area contributed by atoms with Crippen molar-refractivity contribution in [2.45, 2.75) is 38.3 Å². The highest BCUT2D eigenvalue weighted by molar-refractivity contribution is 5.82. The second-order valence-corrected chi connectivity index (χ2v) is 4.94. The van der Waals surface area contributed by atoms with E-state index in [0.717, 1.165) is 0 Å². The third-order valence-electron chi connectivity index (χ3n) is 2.40. The molecule has 1 atom stereocenters. The quantitative estimate of drug-likeness (QED) is 0.536. The van der Waals surface area contributed by atoms with Gasteiger partial charge in [-0.25, -0.2) is 9.59 Å². The van der Waals surface area contributed by atoms with Gasteiger partial charge < -0.3 is 25.2 Å². The number of rotatable bonds is 9. The molecule has 0 heterocycles. The Bertz CT molecular complexity index is 294. The van der Waals surface area contributed by atoms with Crippen molar-refractivity contribution in [3.63, 3.8) is 0 Å². The van der Waals surface area contributed by atoms with Crippen LogP contribution in [0.25, 0.3) is 0 Å². The van der Waals surface area contributed by atoms with Crippen LogP contribution >= 0.6 is 0 Å². The van der Waals surface area contributed by atoms with Gasteiger partial charge >= 0.3 is 12.0 Å². The van der Waals surface area contributed by atoms with Crippen LogP contribution in [0.2, 0.25) is 0 Å². The number of urea groups is 1. The Balaban J connectivity index is 4.27. The topological polar surface area (TPSA) is 96.9 Å². The minimum Gasteiger partial charge on any atom is -0.480 e. The van der Waals surface area contributed by atoms with Gasteiger partial charge in [0.05, 0.1) is 12.1 Å². The van der Waals surface area contributed by atoms with E-state index in [0.29, 0.717) is 26.1 Å². The first-order chi connectivity index (χ1) is 8.82. The van der Waals surface area contributed by atoms with Crippen LogP contribution in [-0.4, -0.2) is 56.1 Å². The lowest BCUT2D eigenvalue weighted by Gasteiger charge is -2.26. The van der Waals surface area contributed by atoms with E-state index < -0.39 is 23.6 Å². The molecule has 7 nitrogen and oxygen atoms in total. The highest BCUT2D eigenvalue weighted by atomic mass is 16.5. The lowest BCUT2D eigenvalue weighted by molar-refractivity contribution is -0.139. The Kier molecular flexibility index (Phi) is 8.09. The van der Waals surface area contributed by atoms with E-state index in [1.165, 1.54) is 7.11 Å². The van der Waals surface area contributed by atoms with E-state index in [9.17, 15) is 9.59 Å². The van der Waals surface area contributed by atoms with E-state index in [-0.39, 0.29) is 0 Å². The van der Waals surface area contributed by atoms with Gasteiger partial charge in [-0.2, -0.15) is 0 Å². The fourth-order valence-corrected chi connectivity index (χ4v) is 1.59. The smallest absolute Gasteiger partial charge is 0.326 e. The molecule has 19 heavy (non-hydrogen) atoms. The molecule has 0 aliphatic rings. The summed E-state index contributed by atoms with van der Waals surface area (Å²) in [6, 6.07) is -1.44. The van der Waals surface area contributed by atoms with Crippen LogP contribution in [0.1, 0.15) is 26.7 Å². The molecule has 0 aromatic heterocycles. The Hall–Kier alpha value is -1.34. The lowest BCUT2D eigenvalue weighted by Crippen LogP contribution is -2.54. The van der Waals surface area contributed by atoms with Crippen molar-refractivity contribution in [2.75, 3.05) is 27.4 Å². The van der Waals surface area contributed by atoms with Crippen LogP contribution in [0, 0.1) is 0 Å². The second kappa shape index (κ2) is 8.71. The first-order valence-electron chi connectivity index (χ1n) is 6.11. The number of nitrogens with one attached hydrogen (secondary N) is 2. The predicted molar refractivity (Wildman–Crippen MR) is 70.2 cm³/mol. The van der Waals surface area contributed by atoms with Crippen LogP contribution in [0.15, 0.2) is 0 Å². The zero-order valence-corrected chi connectivity index (χ0v) is 12.0. The fraction of sp³-hybridized carbons (Fsp3) is 0.833. The van der Waals surface area contributed by atoms with Gasteiger partial charge in [0.15, 0.2) is 0 Å². The van der Waals surface area contributed by atoms with Crippen LogP contribution < -0.4 is 10.6 Å². The standard InChI is InChI=1S/C12H24N2O5/c1-12(2,8-19-4)14-11(17)13-9(10(15)16)6-5-7-18-3/h9H,5-8H2,1-4H3,(H,15,16)(H2,13,14,17). The number of amides is 2. The predicted octanol–water partition coefficient (Wildman–Crippen LogP) is 0.590. The Morgan fingerprint density at radius 3 is 2.37 bits per heavy atom. The molecule has 0 bridgehead atoms. The summed E-state index contributed by atoms with van der Waals surface area (Å²) in [6.45, 7) is 4.37. The van der Waals surface area contributed by atoms with Gasteiger partial charge in [-0.3, -0.25) is 0 Å². The zero-order chi connectivity index (χ0) is 14.9. The Morgan fingerprint density at radius 1 is 1.26 bits per heavy atom. The van der Waals surface area contributed by atoms with Crippen molar-refractivity contribution in [3.8, 4) is 0 Å². The van der Waals surface area contributed by atoms with Crippen molar-refractivity contribution in [2.24, 2.45) is 0 Å². The van der Waals surface area contributed by atoms with Crippen molar-refractivity contribution >= 4 is 12.0 Å². The summed E-state index contributed by atoms with van der Waals surface area (Å²) >= 11 is 0. The zero-order valence-electron chi connectivity index (χ0n) is 12.0. The van der Waals surface area contributed by atoms with E-state index in [4.69, 9.17) is 14.6 Å². The number of aliphatic carboxylic acids is 1. The maximum absolute atomic E-state index is 11.7. The molecule has 0 spiro atoms. The number of carboxylic acids is 1. The molecule has 0 saturated carbocycles. The SMILES string of the molecule is COCCCC(NC(=O)NC(C)(C)COC)C(=O)O. The maximum atomic E-state index is 11.7. The summed E-state index contributed by atoms with van der Waals surface area (Å²) in [5.74, 6) is -1.06. The van der Waals surface area contributed by atoms with E-state index in [1.54, 1.807) is 21.0 Å². The molecule has 7 heteroatoms. The van der Waals surface area contributed by atoms with Crippen molar-refractivity contribution in [1.29, 1.82) is 0 Å². The second-order valence-electron chi connectivity index (χ2n) is 4.94. The molecular formula is C12H24N2O5. The summed E-state index contributed by atoms with van der Waals surface area (Å²) in [5, 5.41) is 14.1. The van der Waals surface area contributed by atoms with Gasteiger partial charge in [0, 0.05) is 20.8 Å². The summed E-state index contributed by atoms with van der Waals surface area (Å²) in [5.41, 5.74) is -0.561. The van der Waals surface area contributed by atoms with Crippen molar-refractivity contribution < 1.29 is 24.2 Å². The highest BCUT2D eigenvalue weighted by Gasteiger charge is 2.24. The van der Waals surface area contributed by atoms with Crippen LogP contribution in [0.5, 0.6) is 0 Å². The van der Waals surface area contributed by atoms with Gasteiger partial charge in [-0.05, 0) is 26.7 Å². The minimum absolute atomic E-state index is 0.321. The molecular weight excluding hydrogens is 252 g/mol. The molecule has 0 fully saturated rings. The van der Waals surface area contributed by atoms with Gasteiger partial charge in [0.25, 0.3) is 0 Å². The van der Waals surface area contributed by atoms with Crippen LogP contribution in [-0.2, 0) is 14.3 Å². The molecule has 0 aromatic carbocycles. The molecule has 0 aromatic rings. The van der Waals surface area contributed by atoms with Crippen molar-refractivity contribution in [1.82, 2.24) is 10.6 Å². The third-order valence-corrected chi connectivity index (χ3v) is 2.40. The molecule has 0 rings (SSSR count). The molecule has 0 aliphatic carbocycles. The van der Waals surface area contributed by atoms with Crippen LogP contribution in [0.4, 0.5) is 4.79 Å². The number of carbonyl (C=O) groups excluding carboxylic acids is 1. The first kappa shape index (κ1) is 17.7. The molecule has 2 amide bonds. The molecule has 3 N–H and O–H groups in total. The molecule has 0 aliphatic heterocycles. The minimum atomic E-state index is -1.06. The van der Waals surface area contributed by atoms with Crippen LogP contribution in [0.3, 0.4) is 0 Å². The average molecular weight is 276 g/mol. The first-order valence-corrected chi connectivity index (χ1v) is 6.11. The van der Waals surface area contributed by atoms with Gasteiger partial charge in [-0.15, -0.1) is 0 Å². The Labute approximate surface area is 113 Å². The summed E-state index contributed by atoms with van der Waals surface area (Å²) in [7, 11) is 3.08. The number of methoxy groups -OCH3 is 2. The summed E-state index contributed by atoms with van der Waals surface area (Å²) < 4.78 is 9.82. The molecule has 0 saturated heterocycles. The average Bonchev–Trinajstić information content (AvgIpc) is 2.26. The third kappa shape index (κ3) is 8.39. The molecule has 0 radical (unpaired) electrons. The van der Waals surface area contributed by atoms with Gasteiger partial charge in [-0.1, -0.05) is 0 Å².